The number of nitrogens with zero attached hydrogens (tertiary/aromatic N) is 2. The molecule has 1 saturated heterocycles. The highest BCUT2D eigenvalue weighted by Crippen LogP contribution is 2.25. The highest BCUT2D eigenvalue weighted by atomic mass is 127. The number of phenolic OH excluding ortho intramolecular Hbond substituents is 1. The Morgan fingerprint density at radius 3 is 2.69 bits per heavy atom. The summed E-state index contributed by atoms with van der Waals surface area (Å²) in [7, 11) is 3.35. The van der Waals surface area contributed by atoms with Crippen LogP contribution in [0.5, 0.6) is 11.5 Å². The molecule has 1 aliphatic rings. The minimum absolute atomic E-state index is 0. The van der Waals surface area contributed by atoms with Crippen molar-refractivity contribution < 1.29 is 14.3 Å². The minimum atomic E-state index is 0. The molecule has 1 aromatic carbocycles. The van der Waals surface area contributed by atoms with E-state index in [0.29, 0.717) is 24.8 Å². The van der Waals surface area contributed by atoms with E-state index >= 15 is 0 Å². The number of methoxy groups -OCH3 is 1. The number of likely N-dealkylation sites (tertiary alicyclic amines) is 1. The van der Waals surface area contributed by atoms with Crippen LogP contribution in [-0.4, -0.2) is 49.8 Å². The molecule has 3 N–H and O–H groups in total. The van der Waals surface area contributed by atoms with E-state index in [0.717, 1.165) is 24.4 Å². The average molecular weight is 514 g/mol. The SMILES string of the molecule is CN=C(NCc1cc(OC)ccc1O)NCC(c1ccco1)N1CCCCC1.I. The molecule has 29 heavy (non-hydrogen) atoms. The number of furan rings is 1. The van der Waals surface area contributed by atoms with Gasteiger partial charge in [-0.3, -0.25) is 9.89 Å². The molecular weight excluding hydrogens is 483 g/mol. The molecule has 2 aromatic rings. The number of halogens is 1. The van der Waals surface area contributed by atoms with Crippen LogP contribution >= 0.6 is 24.0 Å². The molecule has 3 rings (SSSR count). The first-order valence-electron chi connectivity index (χ1n) is 9.79. The fourth-order valence-electron chi connectivity index (χ4n) is 3.54. The van der Waals surface area contributed by atoms with Crippen LogP contribution < -0.4 is 15.4 Å². The van der Waals surface area contributed by atoms with Crippen molar-refractivity contribution in [3.8, 4) is 11.5 Å². The summed E-state index contributed by atoms with van der Waals surface area (Å²) in [5, 5.41) is 16.7. The summed E-state index contributed by atoms with van der Waals surface area (Å²) in [6, 6.07) is 9.32. The molecule has 0 spiro atoms. The van der Waals surface area contributed by atoms with Crippen LogP contribution in [0.4, 0.5) is 0 Å². The Labute approximate surface area is 189 Å². The van der Waals surface area contributed by atoms with Crippen molar-refractivity contribution in [2.24, 2.45) is 4.99 Å². The zero-order valence-corrected chi connectivity index (χ0v) is 19.4. The predicted octanol–water partition coefficient (Wildman–Crippen LogP) is 3.50. The van der Waals surface area contributed by atoms with E-state index < -0.39 is 0 Å². The maximum absolute atomic E-state index is 10.1. The maximum Gasteiger partial charge on any atom is 0.191 e. The fourth-order valence-corrected chi connectivity index (χ4v) is 3.54. The van der Waals surface area contributed by atoms with E-state index in [1.165, 1.54) is 19.3 Å². The first kappa shape index (κ1) is 23.3. The lowest BCUT2D eigenvalue weighted by molar-refractivity contribution is 0.146. The van der Waals surface area contributed by atoms with Crippen LogP contribution in [0.1, 0.15) is 36.6 Å². The standard InChI is InChI=1S/C21H30N4O3.HI/c1-22-21(23-14-16-13-17(27-2)8-9-19(16)26)24-15-18(20-7-6-12-28-20)25-10-4-3-5-11-25;/h6-9,12-13,18,26H,3-5,10-11,14-15H2,1-2H3,(H2,22,23,24);1H. The summed E-state index contributed by atoms with van der Waals surface area (Å²) < 4.78 is 10.9. The van der Waals surface area contributed by atoms with Gasteiger partial charge in [0.2, 0.25) is 0 Å². The Balaban J connectivity index is 0.00000300. The van der Waals surface area contributed by atoms with Gasteiger partial charge in [-0.2, -0.15) is 0 Å². The van der Waals surface area contributed by atoms with Crippen LogP contribution in [-0.2, 0) is 6.54 Å². The van der Waals surface area contributed by atoms with Crippen LogP contribution in [0.2, 0.25) is 0 Å². The van der Waals surface area contributed by atoms with E-state index in [9.17, 15) is 5.11 Å². The molecular formula is C21H31IN4O3. The summed E-state index contributed by atoms with van der Waals surface area (Å²) in [4.78, 5) is 6.77. The molecule has 0 saturated carbocycles. The van der Waals surface area contributed by atoms with Gasteiger partial charge in [0.15, 0.2) is 5.96 Å². The summed E-state index contributed by atoms with van der Waals surface area (Å²) in [6.45, 7) is 3.29. The van der Waals surface area contributed by atoms with Gasteiger partial charge < -0.3 is 24.9 Å². The van der Waals surface area contributed by atoms with Crippen LogP contribution in [0.15, 0.2) is 46.0 Å². The second kappa shape index (κ2) is 11.9. The Hall–Kier alpha value is -1.94. The maximum atomic E-state index is 10.1. The van der Waals surface area contributed by atoms with Gasteiger partial charge in [-0.25, -0.2) is 0 Å². The molecule has 1 fully saturated rings. The van der Waals surface area contributed by atoms with Gasteiger partial charge in [0.05, 0.1) is 19.4 Å². The van der Waals surface area contributed by atoms with Gasteiger partial charge in [-0.05, 0) is 56.3 Å². The third-order valence-electron chi connectivity index (χ3n) is 5.12. The molecule has 160 valence electrons. The number of nitrogens with one attached hydrogen (secondary N) is 2. The highest BCUT2D eigenvalue weighted by molar-refractivity contribution is 14.0. The number of hydrogen-bond acceptors (Lipinski definition) is 5. The molecule has 0 radical (unpaired) electrons. The van der Waals surface area contributed by atoms with E-state index in [-0.39, 0.29) is 35.8 Å². The van der Waals surface area contributed by atoms with E-state index in [2.05, 4.69) is 20.5 Å². The van der Waals surface area contributed by atoms with Gasteiger partial charge in [-0.15, -0.1) is 24.0 Å². The lowest BCUT2D eigenvalue weighted by atomic mass is 10.1. The monoisotopic (exact) mass is 514 g/mol. The Morgan fingerprint density at radius 2 is 2.03 bits per heavy atom. The van der Waals surface area contributed by atoms with Gasteiger partial charge >= 0.3 is 0 Å². The smallest absolute Gasteiger partial charge is 0.191 e. The number of phenols is 1. The molecule has 1 atom stereocenters. The van der Waals surface area contributed by atoms with Crippen molar-refractivity contribution in [3.05, 3.63) is 47.9 Å². The Morgan fingerprint density at radius 1 is 1.24 bits per heavy atom. The zero-order chi connectivity index (χ0) is 19.8. The first-order chi connectivity index (χ1) is 13.7. The molecule has 7 nitrogen and oxygen atoms in total. The van der Waals surface area contributed by atoms with Crippen molar-refractivity contribution in [1.29, 1.82) is 0 Å². The minimum Gasteiger partial charge on any atom is -0.508 e. The van der Waals surface area contributed by atoms with Crippen molar-refractivity contribution in [2.45, 2.75) is 31.8 Å². The number of aliphatic imine (C=N–C) groups is 1. The van der Waals surface area contributed by atoms with E-state index in [4.69, 9.17) is 9.15 Å². The van der Waals surface area contributed by atoms with Crippen molar-refractivity contribution >= 4 is 29.9 Å². The lowest BCUT2D eigenvalue weighted by Crippen LogP contribution is -2.44. The molecule has 1 aromatic heterocycles. The number of piperidine rings is 1. The Bertz CT molecular complexity index is 761. The molecule has 8 heteroatoms. The summed E-state index contributed by atoms with van der Waals surface area (Å²) >= 11 is 0. The number of benzene rings is 1. The van der Waals surface area contributed by atoms with Crippen LogP contribution in [0, 0.1) is 0 Å². The highest BCUT2D eigenvalue weighted by Gasteiger charge is 2.24. The summed E-state index contributed by atoms with van der Waals surface area (Å²) in [5.41, 5.74) is 0.751. The first-order valence-corrected chi connectivity index (χ1v) is 9.79. The lowest BCUT2D eigenvalue weighted by Gasteiger charge is -2.33. The number of ether oxygens (including phenoxy) is 1. The molecule has 1 aliphatic heterocycles. The zero-order valence-electron chi connectivity index (χ0n) is 17.1. The normalized spacial score (nSPS) is 16.0. The third-order valence-corrected chi connectivity index (χ3v) is 5.12. The molecule has 0 amide bonds. The van der Waals surface area contributed by atoms with E-state index in [1.807, 2.05) is 18.2 Å². The van der Waals surface area contributed by atoms with Gasteiger partial charge in [0, 0.05) is 25.7 Å². The summed E-state index contributed by atoms with van der Waals surface area (Å²) in [6.07, 6.45) is 5.46. The number of hydrogen-bond donors (Lipinski definition) is 3. The van der Waals surface area contributed by atoms with Gasteiger partial charge in [0.25, 0.3) is 0 Å². The molecule has 0 aliphatic carbocycles. The molecule has 0 bridgehead atoms. The van der Waals surface area contributed by atoms with E-state index in [1.54, 1.807) is 32.6 Å². The van der Waals surface area contributed by atoms with Crippen LogP contribution in [0.3, 0.4) is 0 Å². The predicted molar refractivity (Wildman–Crippen MR) is 125 cm³/mol. The fraction of sp³-hybridized carbons (Fsp3) is 0.476. The van der Waals surface area contributed by atoms with Crippen molar-refractivity contribution in [2.75, 3.05) is 33.8 Å². The third kappa shape index (κ3) is 6.53. The van der Waals surface area contributed by atoms with Crippen LogP contribution in [0.25, 0.3) is 0 Å². The second-order valence-electron chi connectivity index (χ2n) is 6.93. The van der Waals surface area contributed by atoms with Gasteiger partial charge in [0.1, 0.15) is 17.3 Å². The van der Waals surface area contributed by atoms with Crippen molar-refractivity contribution in [1.82, 2.24) is 15.5 Å². The number of guanidine groups is 1. The number of rotatable bonds is 7. The topological polar surface area (TPSA) is 82.3 Å². The van der Waals surface area contributed by atoms with Gasteiger partial charge in [-0.1, -0.05) is 6.42 Å². The summed E-state index contributed by atoms with van der Waals surface area (Å²) in [5.74, 6) is 2.58. The largest absolute Gasteiger partial charge is 0.508 e. The Kier molecular flexibility index (Phi) is 9.59. The second-order valence-corrected chi connectivity index (χ2v) is 6.93. The quantitative estimate of drug-likeness (QED) is 0.298. The van der Waals surface area contributed by atoms with Crippen molar-refractivity contribution in [3.63, 3.8) is 0 Å². The average Bonchev–Trinajstić information content (AvgIpc) is 3.27. The molecule has 2 heterocycles. The number of aromatic hydroxyl groups is 1. The molecule has 1 unspecified atom stereocenters.